The lowest BCUT2D eigenvalue weighted by atomic mass is 9.89. The maximum atomic E-state index is 13.0. The molecule has 1 aromatic carbocycles. The van der Waals surface area contributed by atoms with Gasteiger partial charge < -0.3 is 42.4 Å². The maximum Gasteiger partial charge on any atom is 0.350 e. The number of hydrogen-bond acceptors (Lipinski definition) is 8. The van der Waals surface area contributed by atoms with Gasteiger partial charge >= 0.3 is 5.69 Å². The van der Waals surface area contributed by atoms with E-state index in [9.17, 15) is 9.59 Å². The van der Waals surface area contributed by atoms with Crippen molar-refractivity contribution in [2.75, 3.05) is 38.0 Å². The summed E-state index contributed by atoms with van der Waals surface area (Å²) in [6.45, 7) is 2.86. The van der Waals surface area contributed by atoms with Gasteiger partial charge in [-0.1, -0.05) is 6.07 Å². The van der Waals surface area contributed by atoms with Crippen molar-refractivity contribution in [3.63, 3.8) is 0 Å². The Labute approximate surface area is 244 Å². The lowest BCUT2D eigenvalue weighted by Gasteiger charge is -2.33. The number of piperidine rings is 1. The zero-order chi connectivity index (χ0) is 29.6. The predicted molar refractivity (Wildman–Crippen MR) is 161 cm³/mol. The molecule has 2 fully saturated rings. The van der Waals surface area contributed by atoms with Crippen molar-refractivity contribution in [3.8, 4) is 11.5 Å². The second kappa shape index (κ2) is 13.1. The number of ether oxygens (including phenoxy) is 1. The van der Waals surface area contributed by atoms with Gasteiger partial charge in [0.2, 0.25) is 5.91 Å². The van der Waals surface area contributed by atoms with Gasteiger partial charge in [-0.15, -0.1) is 0 Å². The fraction of sp³-hybridized carbons (Fsp3) is 0.536. The molecule has 0 unspecified atom stereocenters. The van der Waals surface area contributed by atoms with Crippen molar-refractivity contribution in [3.05, 3.63) is 40.4 Å². The van der Waals surface area contributed by atoms with Gasteiger partial charge in [-0.2, -0.15) is 4.98 Å². The quantitative estimate of drug-likeness (QED) is 0.103. The van der Waals surface area contributed by atoms with E-state index in [0.29, 0.717) is 48.9 Å². The molecule has 5 rings (SSSR count). The van der Waals surface area contributed by atoms with Gasteiger partial charge in [0.05, 0.1) is 18.4 Å². The first-order valence-corrected chi connectivity index (χ1v) is 14.7. The maximum absolute atomic E-state index is 13.0. The molecular weight excluding hydrogens is 538 g/mol. The third kappa shape index (κ3) is 7.11. The number of amides is 1. The minimum atomic E-state index is -0.285. The van der Waals surface area contributed by atoms with Crippen LogP contribution in [0.15, 0.2) is 29.2 Å². The Morgan fingerprint density at radius 2 is 1.76 bits per heavy atom. The number of fused-ring (bicyclic) bond motifs is 2. The number of aromatic nitrogens is 2. The van der Waals surface area contributed by atoms with Gasteiger partial charge in [-0.25, -0.2) is 4.79 Å². The Morgan fingerprint density at radius 1 is 1.02 bits per heavy atom. The van der Waals surface area contributed by atoms with Gasteiger partial charge in [0.25, 0.3) is 0 Å². The van der Waals surface area contributed by atoms with E-state index in [-0.39, 0.29) is 36.1 Å². The molecule has 226 valence electrons. The Morgan fingerprint density at radius 3 is 2.48 bits per heavy atom. The molecule has 3 heterocycles. The third-order valence-electron chi connectivity index (χ3n) is 8.34. The van der Waals surface area contributed by atoms with E-state index in [1.807, 2.05) is 6.07 Å². The molecule has 0 atom stereocenters. The highest BCUT2D eigenvalue weighted by Gasteiger charge is 2.28. The van der Waals surface area contributed by atoms with Crippen molar-refractivity contribution < 1.29 is 9.53 Å². The molecule has 10 N–H and O–H groups in total. The number of carbonyl (C=O) groups is 1. The van der Waals surface area contributed by atoms with E-state index < -0.39 is 0 Å². The lowest BCUT2D eigenvalue weighted by molar-refractivity contribution is -0.131. The average molecular weight is 580 g/mol. The summed E-state index contributed by atoms with van der Waals surface area (Å²) in [6, 6.07) is 6.56. The highest BCUT2D eigenvalue weighted by Crippen LogP contribution is 2.43. The number of nitrogens with zero attached hydrogens (tertiary/aromatic N) is 3. The Hall–Kier alpha value is -4.33. The monoisotopic (exact) mass is 579 g/mol. The van der Waals surface area contributed by atoms with E-state index in [1.54, 1.807) is 15.7 Å². The van der Waals surface area contributed by atoms with Crippen molar-refractivity contribution >= 4 is 29.3 Å². The molecular formula is C28H41N11O3. The van der Waals surface area contributed by atoms with Crippen LogP contribution in [-0.2, 0) is 4.79 Å². The van der Waals surface area contributed by atoms with E-state index >= 15 is 0 Å². The van der Waals surface area contributed by atoms with E-state index in [4.69, 9.17) is 27.0 Å². The van der Waals surface area contributed by atoms with Crippen molar-refractivity contribution in [1.82, 2.24) is 30.4 Å². The lowest BCUT2D eigenvalue weighted by Crippen LogP contribution is -2.45. The van der Waals surface area contributed by atoms with E-state index in [0.717, 1.165) is 62.7 Å². The molecule has 2 aromatic rings. The molecule has 1 aliphatic carbocycles. The first kappa shape index (κ1) is 29.2. The predicted octanol–water partition coefficient (Wildman–Crippen LogP) is 1.23. The fourth-order valence-electron chi connectivity index (χ4n) is 6.03. The van der Waals surface area contributed by atoms with Gasteiger partial charge in [0.15, 0.2) is 29.2 Å². The number of guanidine groups is 2. The minimum absolute atomic E-state index is 0.00386. The average Bonchev–Trinajstić information content (AvgIpc) is 2.98. The zero-order valence-electron chi connectivity index (χ0n) is 23.7. The van der Waals surface area contributed by atoms with Crippen LogP contribution in [0.5, 0.6) is 11.5 Å². The first-order valence-electron chi connectivity index (χ1n) is 14.7. The minimum Gasteiger partial charge on any atom is -0.450 e. The number of likely N-dealkylation sites (tertiary alicyclic amines) is 1. The molecule has 42 heavy (non-hydrogen) atoms. The molecule has 14 heteroatoms. The number of nitrogens with one attached hydrogen (secondary N) is 6. The molecule has 0 radical (unpaired) electrons. The summed E-state index contributed by atoms with van der Waals surface area (Å²) in [5, 5.41) is 26.7. The number of carbonyl (C=O) groups excluding carboxylic acids is 1. The van der Waals surface area contributed by atoms with Crippen LogP contribution in [0.1, 0.15) is 62.5 Å². The van der Waals surface area contributed by atoms with Gasteiger partial charge in [0.1, 0.15) is 0 Å². The molecule has 1 aromatic heterocycles. The van der Waals surface area contributed by atoms with E-state index in [2.05, 4.69) is 38.4 Å². The summed E-state index contributed by atoms with van der Waals surface area (Å²) in [6.07, 6.45) is 8.06. The topological polar surface area (TPSA) is 212 Å². The Kier molecular flexibility index (Phi) is 9.10. The Bertz CT molecular complexity index is 1360. The summed E-state index contributed by atoms with van der Waals surface area (Å²) in [7, 11) is 0. The number of hydrogen-bond donors (Lipinski definition) is 8. The molecule has 3 aliphatic rings. The van der Waals surface area contributed by atoms with Crippen LogP contribution in [0.4, 0.5) is 11.5 Å². The van der Waals surface area contributed by atoms with Gasteiger partial charge in [-0.05, 0) is 75.1 Å². The standard InChI is InChI=1S/C28H41N11O3/c29-26(30)34-11-1-10-33-19-3-5-20(6-4-19)39-16-23-25(37-28(39)41)36-21-14-18(2-7-22(21)42-23)17-8-12-38(13-9-17)24(40)15-35-27(31)32/h2,7,14,16-17,19-20,33H,1,3-6,8-13,15H2,(H4,29,30,34)(H4,31,32,35)(H,36,37,41)/t19-,20-. The molecule has 0 bridgehead atoms. The fourth-order valence-corrected chi connectivity index (χ4v) is 6.03. The highest BCUT2D eigenvalue weighted by molar-refractivity contribution is 5.84. The van der Waals surface area contributed by atoms with Crippen molar-refractivity contribution in [2.24, 2.45) is 11.5 Å². The van der Waals surface area contributed by atoms with Crippen LogP contribution in [0.2, 0.25) is 0 Å². The SMILES string of the molecule is N=C(N)NCCCN[C@H]1CC[C@H](n2cc3c(nc2=O)Nc2cc(C4CCN(C(=O)CNC(=N)N)CC4)ccc2O3)CC1. The molecule has 2 aliphatic heterocycles. The van der Waals surface area contributed by atoms with Crippen LogP contribution in [-0.4, -0.2) is 71.0 Å². The van der Waals surface area contributed by atoms with Crippen LogP contribution in [0.25, 0.3) is 0 Å². The molecule has 1 saturated heterocycles. The molecule has 14 nitrogen and oxygen atoms in total. The van der Waals surface area contributed by atoms with Gasteiger partial charge in [0, 0.05) is 31.7 Å². The molecule has 0 spiro atoms. The number of nitrogens with two attached hydrogens (primary N) is 2. The van der Waals surface area contributed by atoms with Crippen LogP contribution in [0, 0.1) is 10.8 Å². The first-order chi connectivity index (χ1) is 20.3. The van der Waals surface area contributed by atoms with Crippen LogP contribution >= 0.6 is 0 Å². The number of rotatable bonds is 9. The second-order valence-electron chi connectivity index (χ2n) is 11.2. The Balaban J connectivity index is 1.15. The highest BCUT2D eigenvalue weighted by atomic mass is 16.5. The summed E-state index contributed by atoms with van der Waals surface area (Å²) < 4.78 is 7.92. The van der Waals surface area contributed by atoms with Crippen LogP contribution < -0.4 is 43.2 Å². The molecule has 1 amide bonds. The summed E-state index contributed by atoms with van der Waals surface area (Å²) in [5.74, 6) is 1.68. The smallest absolute Gasteiger partial charge is 0.350 e. The van der Waals surface area contributed by atoms with Gasteiger partial charge in [-0.3, -0.25) is 20.2 Å². The largest absolute Gasteiger partial charge is 0.450 e. The molecule has 1 saturated carbocycles. The summed E-state index contributed by atoms with van der Waals surface area (Å²) in [4.78, 5) is 31.5. The summed E-state index contributed by atoms with van der Waals surface area (Å²) >= 11 is 0. The normalized spacial score (nSPS) is 20.0. The zero-order valence-corrected chi connectivity index (χ0v) is 23.7. The van der Waals surface area contributed by atoms with E-state index in [1.165, 1.54) is 0 Å². The van der Waals surface area contributed by atoms with Crippen molar-refractivity contribution in [2.45, 2.75) is 62.9 Å². The summed E-state index contributed by atoms with van der Waals surface area (Å²) in [5.41, 5.74) is 12.2. The number of anilines is 2. The number of benzene rings is 1. The second-order valence-corrected chi connectivity index (χ2v) is 11.2. The third-order valence-corrected chi connectivity index (χ3v) is 8.34. The van der Waals surface area contributed by atoms with Crippen molar-refractivity contribution in [1.29, 1.82) is 10.8 Å². The van der Waals surface area contributed by atoms with Crippen LogP contribution in [0.3, 0.4) is 0 Å².